The minimum Gasteiger partial charge on any atom is -0.228 e. The molecule has 2 heteroatoms. The Morgan fingerprint density at radius 1 is 0.270 bits per heavy atom. The monoisotopic (exact) mass is 798 g/mol. The highest BCUT2D eigenvalue weighted by Gasteiger charge is 2.52. The van der Waals surface area contributed by atoms with Crippen LogP contribution in [-0.2, 0) is 5.41 Å². The molecule has 13 rings (SSSR count). The van der Waals surface area contributed by atoms with Crippen LogP contribution in [0, 0.1) is 0 Å². The Morgan fingerprint density at radius 3 is 1.44 bits per heavy atom. The van der Waals surface area contributed by atoms with Gasteiger partial charge in [0.2, 0.25) is 0 Å². The average molecular weight is 799 g/mol. The lowest BCUT2D eigenvalue weighted by Crippen LogP contribution is -2.25. The molecule has 63 heavy (non-hydrogen) atoms. The van der Waals surface area contributed by atoms with E-state index in [0.717, 1.165) is 33.6 Å². The van der Waals surface area contributed by atoms with Crippen LogP contribution in [0.4, 0.5) is 0 Å². The second-order valence-corrected chi connectivity index (χ2v) is 16.9. The van der Waals surface area contributed by atoms with Gasteiger partial charge in [0.15, 0.2) is 5.82 Å². The minimum absolute atomic E-state index is 0.410. The first-order chi connectivity index (χ1) is 31.2. The van der Waals surface area contributed by atoms with E-state index in [4.69, 9.17) is 9.97 Å². The first-order valence-corrected chi connectivity index (χ1v) is 21.7. The standard InChI is InChI=1S/C61H38N2/c1-3-13-39(14-4-1)40-23-27-43(28-24-40)57-38-58(63-60(62-57)45-16-5-2-6-17-45)44-29-25-41(26-30-44)46-31-32-47-36-52-56(37-48(47)35-46)61(55-34-33-42-15-7-8-18-49(42)59(52)55)53-21-11-9-19-50(53)51-20-10-12-22-54(51)61/h1-38H. The molecule has 0 bridgehead atoms. The smallest absolute Gasteiger partial charge is 0.160 e. The highest BCUT2D eigenvalue weighted by Crippen LogP contribution is 2.64. The molecule has 2 aliphatic rings. The van der Waals surface area contributed by atoms with Crippen LogP contribution >= 0.6 is 0 Å². The number of aromatic nitrogens is 2. The highest BCUT2D eigenvalue weighted by molar-refractivity contribution is 6.09. The van der Waals surface area contributed by atoms with Crippen LogP contribution in [0.2, 0.25) is 0 Å². The van der Waals surface area contributed by atoms with Crippen molar-refractivity contribution in [1.82, 2.24) is 9.97 Å². The van der Waals surface area contributed by atoms with Gasteiger partial charge in [-0.1, -0.05) is 206 Å². The molecule has 0 radical (unpaired) electrons. The van der Waals surface area contributed by atoms with E-state index in [1.54, 1.807) is 0 Å². The fourth-order valence-corrected chi connectivity index (χ4v) is 10.6. The van der Waals surface area contributed by atoms with E-state index >= 15 is 0 Å². The van der Waals surface area contributed by atoms with E-state index in [1.807, 2.05) is 24.3 Å². The van der Waals surface area contributed by atoms with Gasteiger partial charge in [0.1, 0.15) is 0 Å². The zero-order valence-corrected chi connectivity index (χ0v) is 34.3. The molecular formula is C61H38N2. The largest absolute Gasteiger partial charge is 0.228 e. The zero-order chi connectivity index (χ0) is 41.5. The van der Waals surface area contributed by atoms with Crippen molar-refractivity contribution in [3.05, 3.63) is 253 Å². The van der Waals surface area contributed by atoms with E-state index in [2.05, 4.69) is 206 Å². The number of fused-ring (bicyclic) bond motifs is 13. The second kappa shape index (κ2) is 13.9. The Morgan fingerprint density at radius 2 is 0.778 bits per heavy atom. The van der Waals surface area contributed by atoms with Crippen LogP contribution in [0.5, 0.6) is 0 Å². The predicted octanol–water partition coefficient (Wildman–Crippen LogP) is 15.5. The highest BCUT2D eigenvalue weighted by atomic mass is 14.9. The van der Waals surface area contributed by atoms with Gasteiger partial charge in [0.05, 0.1) is 16.8 Å². The van der Waals surface area contributed by atoms with Crippen LogP contribution in [0.3, 0.4) is 0 Å². The minimum atomic E-state index is -0.410. The van der Waals surface area contributed by atoms with Crippen LogP contribution in [0.15, 0.2) is 231 Å². The van der Waals surface area contributed by atoms with Crippen molar-refractivity contribution in [1.29, 1.82) is 0 Å². The third kappa shape index (κ3) is 5.45. The van der Waals surface area contributed by atoms with Gasteiger partial charge < -0.3 is 0 Å². The molecule has 2 nitrogen and oxygen atoms in total. The van der Waals surface area contributed by atoms with Gasteiger partial charge in [-0.2, -0.15) is 0 Å². The van der Waals surface area contributed by atoms with Crippen molar-refractivity contribution in [2.45, 2.75) is 5.41 Å². The Kier molecular flexibility index (Phi) is 7.85. The van der Waals surface area contributed by atoms with Gasteiger partial charge in [-0.15, -0.1) is 0 Å². The molecule has 1 spiro atoms. The summed E-state index contributed by atoms with van der Waals surface area (Å²) in [5.74, 6) is 0.710. The molecule has 0 fully saturated rings. The lowest BCUT2D eigenvalue weighted by Gasteiger charge is -2.30. The Labute approximate surface area is 366 Å². The number of rotatable bonds is 5. The molecule has 0 aliphatic heterocycles. The molecule has 0 saturated heterocycles. The zero-order valence-electron chi connectivity index (χ0n) is 34.3. The second-order valence-electron chi connectivity index (χ2n) is 16.9. The number of hydrogen-bond donors (Lipinski definition) is 0. The lowest BCUT2D eigenvalue weighted by atomic mass is 9.70. The molecule has 292 valence electrons. The van der Waals surface area contributed by atoms with Crippen molar-refractivity contribution < 1.29 is 0 Å². The summed E-state index contributed by atoms with van der Waals surface area (Å²) in [6.45, 7) is 0. The van der Waals surface area contributed by atoms with Gasteiger partial charge in [0.25, 0.3) is 0 Å². The molecule has 10 aromatic carbocycles. The van der Waals surface area contributed by atoms with Crippen molar-refractivity contribution in [3.8, 4) is 78.4 Å². The first-order valence-electron chi connectivity index (χ1n) is 21.7. The number of hydrogen-bond acceptors (Lipinski definition) is 2. The molecule has 1 aromatic heterocycles. The summed E-state index contributed by atoms with van der Waals surface area (Å²) in [6, 6.07) is 84.0. The average Bonchev–Trinajstić information content (AvgIpc) is 3.83. The molecule has 0 unspecified atom stereocenters. The van der Waals surface area contributed by atoms with Gasteiger partial charge in [-0.25, -0.2) is 9.97 Å². The molecule has 2 aliphatic carbocycles. The third-order valence-electron chi connectivity index (χ3n) is 13.5. The van der Waals surface area contributed by atoms with E-state index in [9.17, 15) is 0 Å². The van der Waals surface area contributed by atoms with Gasteiger partial charge in [-0.3, -0.25) is 0 Å². The summed E-state index contributed by atoms with van der Waals surface area (Å²) in [7, 11) is 0. The first kappa shape index (κ1) is 35.5. The van der Waals surface area contributed by atoms with Crippen molar-refractivity contribution in [3.63, 3.8) is 0 Å². The van der Waals surface area contributed by atoms with E-state index in [0.29, 0.717) is 5.82 Å². The van der Waals surface area contributed by atoms with Gasteiger partial charge in [-0.05, 0) is 113 Å². The van der Waals surface area contributed by atoms with Crippen LogP contribution in [-0.4, -0.2) is 9.97 Å². The van der Waals surface area contributed by atoms with Crippen LogP contribution in [0.25, 0.3) is 100.0 Å². The molecule has 0 N–H and O–H groups in total. The summed E-state index contributed by atoms with van der Waals surface area (Å²) in [5.41, 5.74) is 19.9. The molecule has 0 atom stereocenters. The molecule has 0 amide bonds. The van der Waals surface area contributed by atoms with Crippen molar-refractivity contribution in [2.75, 3.05) is 0 Å². The van der Waals surface area contributed by atoms with Crippen molar-refractivity contribution in [2.24, 2.45) is 0 Å². The Hall–Kier alpha value is -8.20. The Bertz CT molecular complexity index is 3540. The summed E-state index contributed by atoms with van der Waals surface area (Å²) in [5, 5.41) is 5.05. The number of benzene rings is 10. The SMILES string of the molecule is c1ccc(-c2ccc(-c3cc(-c4ccc(-c5ccc6cc7c(cc6c5)C5(c6ccccc6-c6ccccc65)c5ccc6ccccc6c5-7)cc4)nc(-c4ccccc4)n3)cc2)cc1. The summed E-state index contributed by atoms with van der Waals surface area (Å²) >= 11 is 0. The normalized spacial score (nSPS) is 12.9. The predicted molar refractivity (Wildman–Crippen MR) is 261 cm³/mol. The fourth-order valence-electron chi connectivity index (χ4n) is 10.6. The lowest BCUT2D eigenvalue weighted by molar-refractivity contribution is 0.795. The third-order valence-corrected chi connectivity index (χ3v) is 13.5. The summed E-state index contributed by atoms with van der Waals surface area (Å²) < 4.78 is 0. The quantitative estimate of drug-likeness (QED) is 0.173. The summed E-state index contributed by atoms with van der Waals surface area (Å²) in [4.78, 5) is 10.2. The number of nitrogens with zero attached hydrogens (tertiary/aromatic N) is 2. The van der Waals surface area contributed by atoms with E-state index in [1.165, 1.54) is 82.7 Å². The maximum atomic E-state index is 5.13. The van der Waals surface area contributed by atoms with Gasteiger partial charge >= 0.3 is 0 Å². The maximum absolute atomic E-state index is 5.13. The summed E-state index contributed by atoms with van der Waals surface area (Å²) in [6.07, 6.45) is 0. The molecule has 0 saturated carbocycles. The van der Waals surface area contributed by atoms with Crippen LogP contribution in [0.1, 0.15) is 22.3 Å². The molecular weight excluding hydrogens is 761 g/mol. The van der Waals surface area contributed by atoms with E-state index < -0.39 is 5.41 Å². The topological polar surface area (TPSA) is 25.8 Å². The maximum Gasteiger partial charge on any atom is 0.160 e. The van der Waals surface area contributed by atoms with E-state index in [-0.39, 0.29) is 0 Å². The fraction of sp³-hybridized carbons (Fsp3) is 0.0164. The van der Waals surface area contributed by atoms with Gasteiger partial charge in [0, 0.05) is 16.7 Å². The molecule has 1 heterocycles. The van der Waals surface area contributed by atoms with Crippen molar-refractivity contribution >= 4 is 21.5 Å². The van der Waals surface area contributed by atoms with Crippen LogP contribution < -0.4 is 0 Å². The Balaban J connectivity index is 0.919. The molecule has 11 aromatic rings.